The molecule has 1 aliphatic carbocycles. The van der Waals surface area contributed by atoms with Crippen LogP contribution < -0.4 is 14.2 Å². The summed E-state index contributed by atoms with van der Waals surface area (Å²) in [6, 6.07) is 68.3. The lowest BCUT2D eigenvalue weighted by Gasteiger charge is -2.35. The number of rotatable bonds is 6. The fourth-order valence-electron chi connectivity index (χ4n) is 13.3. The molecular weight excluding hydrogens is 923 g/mol. The Hall–Kier alpha value is -7.64. The zero-order valence-electron chi connectivity index (χ0n) is 41.9. The second-order valence-corrected chi connectivity index (χ2v) is 28.4. The van der Waals surface area contributed by atoms with E-state index in [0.717, 1.165) is 30.4 Å². The summed E-state index contributed by atoms with van der Waals surface area (Å²) < 4.78 is 17.8. The molecule has 6 heterocycles. The summed E-state index contributed by atoms with van der Waals surface area (Å²) in [5.41, 5.74) is 20.1. The molecule has 6 heteroatoms. The molecule has 0 amide bonds. The number of thiophene rings is 1. The molecule has 2 unspecified atom stereocenters. The predicted octanol–water partition coefficient (Wildman–Crippen LogP) is 16.3. The summed E-state index contributed by atoms with van der Waals surface area (Å²) in [5.74, 6) is 0.765. The van der Waals surface area contributed by atoms with Gasteiger partial charge in [-0.3, -0.25) is 0 Å². The number of hydrogen-bond donors (Lipinski definition) is 0. The molecule has 0 N–H and O–H groups in total. The van der Waals surface area contributed by atoms with Crippen LogP contribution in [0.15, 0.2) is 193 Å². The van der Waals surface area contributed by atoms with Gasteiger partial charge in [-0.25, -0.2) is 0 Å². The molecule has 0 radical (unpaired) electrons. The van der Waals surface area contributed by atoms with Crippen molar-refractivity contribution in [2.75, 3.05) is 0 Å². The van der Waals surface area contributed by atoms with Crippen LogP contribution in [0.4, 0.5) is 0 Å². The monoisotopic (exact) mass is 977 g/mol. The molecule has 1 aliphatic heterocycles. The van der Waals surface area contributed by atoms with Crippen molar-refractivity contribution in [1.82, 2.24) is 4.57 Å². The Morgan fingerprint density at radius 3 is 2.19 bits per heavy atom. The first kappa shape index (κ1) is 43.0. The van der Waals surface area contributed by atoms with E-state index in [2.05, 4.69) is 235 Å². The van der Waals surface area contributed by atoms with E-state index in [9.17, 15) is 0 Å². The van der Waals surface area contributed by atoms with E-state index >= 15 is 0 Å². The van der Waals surface area contributed by atoms with Gasteiger partial charge < -0.3 is 4.42 Å². The van der Waals surface area contributed by atoms with E-state index in [1.807, 2.05) is 11.3 Å². The van der Waals surface area contributed by atoms with E-state index in [1.54, 1.807) is 5.19 Å². The summed E-state index contributed by atoms with van der Waals surface area (Å²) in [6.45, 7) is 12.3. The number of para-hydroxylation sites is 4. The SMILES string of the molecule is CC(C)Cc1cc2[n+](cc1[Si](C)(C)C)C1Cc3c(c4ccc5c6ccc(-c7ccccc7)cc6sc5c4c4n(-c5ccccc5-c5ccccc5)c5ccccc5[n+]34)CC1c1ccc3c(oc4ccccc43)c1-2. The van der Waals surface area contributed by atoms with Crippen molar-refractivity contribution in [3.63, 3.8) is 0 Å². The number of nitrogens with zero attached hydrogens (tertiary/aromatic N) is 3. The van der Waals surface area contributed by atoms with Gasteiger partial charge in [0, 0.05) is 48.6 Å². The average Bonchev–Trinajstić information content (AvgIpc) is 4.10. The van der Waals surface area contributed by atoms with Crippen molar-refractivity contribution < 1.29 is 13.4 Å². The van der Waals surface area contributed by atoms with Gasteiger partial charge in [-0.1, -0.05) is 179 Å². The van der Waals surface area contributed by atoms with Crippen LogP contribution in [0.5, 0.6) is 0 Å². The van der Waals surface area contributed by atoms with Gasteiger partial charge in [-0.2, -0.15) is 13.5 Å². The highest BCUT2D eigenvalue weighted by molar-refractivity contribution is 7.26. The highest BCUT2D eigenvalue weighted by Gasteiger charge is 2.49. The highest BCUT2D eigenvalue weighted by Crippen LogP contribution is 2.51. The van der Waals surface area contributed by atoms with Gasteiger partial charge >= 0.3 is 5.65 Å². The van der Waals surface area contributed by atoms with Gasteiger partial charge in [0.05, 0.1) is 36.1 Å². The normalized spacial score (nSPS) is 15.5. The summed E-state index contributed by atoms with van der Waals surface area (Å²) in [6.07, 6.45) is 5.50. The first-order valence-electron chi connectivity index (χ1n) is 26.2. The largest absolute Gasteiger partial charge is 0.455 e. The minimum Gasteiger partial charge on any atom is -0.455 e. The topological polar surface area (TPSA) is 26.0 Å². The van der Waals surface area contributed by atoms with Crippen molar-refractivity contribution in [3.8, 4) is 39.2 Å². The lowest BCUT2D eigenvalue weighted by molar-refractivity contribution is -0.720. The Labute approximate surface area is 430 Å². The van der Waals surface area contributed by atoms with Gasteiger partial charge in [0.15, 0.2) is 23.3 Å². The quantitative estimate of drug-likeness (QED) is 0.120. The maximum absolute atomic E-state index is 7.04. The van der Waals surface area contributed by atoms with Crippen LogP contribution in [0.3, 0.4) is 0 Å². The first-order chi connectivity index (χ1) is 35.7. The maximum atomic E-state index is 7.04. The number of fused-ring (bicyclic) bond motifs is 22. The third kappa shape index (κ3) is 6.36. The Bertz CT molecular complexity index is 4440. The molecule has 73 heavy (non-hydrogen) atoms. The molecule has 4 nitrogen and oxygen atoms in total. The molecule has 15 rings (SSSR count). The van der Waals surface area contributed by atoms with Crippen molar-refractivity contribution in [2.24, 2.45) is 5.92 Å². The average molecular weight is 978 g/mol. The van der Waals surface area contributed by atoms with Gasteiger partial charge in [0.1, 0.15) is 22.5 Å². The number of hydrogen-bond acceptors (Lipinski definition) is 2. The number of imidazole rings is 1. The van der Waals surface area contributed by atoms with Crippen LogP contribution in [0.2, 0.25) is 19.6 Å². The predicted molar refractivity (Wildman–Crippen MR) is 308 cm³/mol. The van der Waals surface area contributed by atoms with Crippen LogP contribution in [0, 0.1) is 5.92 Å². The molecule has 0 bridgehead atoms. The number of pyridine rings is 2. The Morgan fingerprint density at radius 2 is 1.37 bits per heavy atom. The highest BCUT2D eigenvalue weighted by atomic mass is 32.1. The number of furan rings is 1. The standard InChI is InChI=1S/C67H55N3OSSi/c1-40(2)34-44-35-59-63-48(30-32-50-46-23-13-17-27-60(46)71-65(50)63)52-37-53-49-31-33-51-47-29-28-43(41-18-8-6-9-19-41)36-61(47)72-66(51)64(49)67-69(54-24-14-12-22-45(54)42-20-10-7-11-21-42)55-25-15-16-26-56(55)70(67)58(53)38-57(52)68(59)39-62(44)73(3,4)5/h6-33,35-36,39-40,52,57H,34,37-38H2,1-5H3/q+2. The Balaban J connectivity index is 1.07. The molecule has 0 saturated heterocycles. The van der Waals surface area contributed by atoms with Crippen LogP contribution in [0.1, 0.15) is 48.2 Å². The zero-order valence-corrected chi connectivity index (χ0v) is 43.7. The molecule has 5 aromatic heterocycles. The van der Waals surface area contributed by atoms with Crippen molar-refractivity contribution in [3.05, 3.63) is 211 Å². The first-order valence-corrected chi connectivity index (χ1v) is 30.5. The lowest BCUT2D eigenvalue weighted by atomic mass is 9.72. The molecule has 8 aromatic carbocycles. The fraction of sp³-hybridized carbons (Fsp3) is 0.164. The van der Waals surface area contributed by atoms with Gasteiger partial charge in [-0.15, -0.1) is 11.3 Å². The van der Waals surface area contributed by atoms with Crippen LogP contribution in [0.25, 0.3) is 109 Å². The number of benzene rings is 8. The molecular formula is C67H55N3OSSi+2. The lowest BCUT2D eigenvalue weighted by Crippen LogP contribution is -2.56. The minimum absolute atomic E-state index is 0.191. The molecule has 2 atom stereocenters. The number of aromatic nitrogens is 3. The summed E-state index contributed by atoms with van der Waals surface area (Å²) >= 11 is 1.96. The van der Waals surface area contributed by atoms with E-state index in [-0.39, 0.29) is 12.0 Å². The van der Waals surface area contributed by atoms with Gasteiger partial charge in [-0.05, 0) is 82.3 Å². The third-order valence-electron chi connectivity index (χ3n) is 16.5. The summed E-state index contributed by atoms with van der Waals surface area (Å²) in [5, 5.41) is 9.26. The second kappa shape index (κ2) is 15.9. The Kier molecular flexibility index (Phi) is 9.38. The molecule has 352 valence electrons. The molecule has 0 spiro atoms. The second-order valence-electron chi connectivity index (χ2n) is 22.3. The van der Waals surface area contributed by atoms with Crippen molar-refractivity contribution in [2.45, 2.75) is 64.7 Å². The Morgan fingerprint density at radius 1 is 0.658 bits per heavy atom. The summed E-state index contributed by atoms with van der Waals surface area (Å²) in [7, 11) is -1.80. The molecule has 0 saturated carbocycles. The van der Waals surface area contributed by atoms with E-state index in [1.165, 1.54) is 120 Å². The van der Waals surface area contributed by atoms with Crippen molar-refractivity contribution in [1.29, 1.82) is 0 Å². The van der Waals surface area contributed by atoms with Crippen LogP contribution in [-0.4, -0.2) is 12.6 Å². The molecule has 2 aliphatic rings. The third-order valence-corrected chi connectivity index (χ3v) is 19.7. The van der Waals surface area contributed by atoms with E-state index in [4.69, 9.17) is 4.42 Å². The fourth-order valence-corrected chi connectivity index (χ4v) is 16.3. The minimum atomic E-state index is -1.80. The zero-order chi connectivity index (χ0) is 48.9. The molecule has 0 fully saturated rings. The van der Waals surface area contributed by atoms with E-state index in [0.29, 0.717) is 5.92 Å². The maximum Gasteiger partial charge on any atom is 0.302 e. The summed E-state index contributed by atoms with van der Waals surface area (Å²) in [4.78, 5) is 0. The van der Waals surface area contributed by atoms with Gasteiger partial charge in [0.25, 0.3) is 0 Å². The van der Waals surface area contributed by atoms with Crippen LogP contribution in [-0.2, 0) is 19.3 Å². The van der Waals surface area contributed by atoms with Crippen LogP contribution >= 0.6 is 11.3 Å². The molecule has 13 aromatic rings. The smallest absolute Gasteiger partial charge is 0.302 e. The van der Waals surface area contributed by atoms with Crippen molar-refractivity contribution >= 4 is 94.2 Å². The van der Waals surface area contributed by atoms with E-state index < -0.39 is 8.07 Å². The van der Waals surface area contributed by atoms with Gasteiger partial charge in [0.2, 0.25) is 5.69 Å².